The summed E-state index contributed by atoms with van der Waals surface area (Å²) >= 11 is 0. The number of nitrogens with zero attached hydrogens (tertiary/aromatic N) is 1. The van der Waals surface area contributed by atoms with Crippen LogP contribution >= 0.6 is 0 Å². The van der Waals surface area contributed by atoms with Crippen molar-refractivity contribution in [1.29, 1.82) is 5.26 Å². The van der Waals surface area contributed by atoms with E-state index >= 15 is 0 Å². The first-order chi connectivity index (χ1) is 10.2. The molecule has 0 spiro atoms. The van der Waals surface area contributed by atoms with E-state index in [1.165, 1.54) is 13.2 Å². The molecular weight excluding hydrogens is 274 g/mol. The number of methoxy groups -OCH3 is 1. The highest BCUT2D eigenvalue weighted by Crippen LogP contribution is 2.40. The lowest BCUT2D eigenvalue weighted by atomic mass is 10.1. The van der Waals surface area contributed by atoms with E-state index in [1.807, 2.05) is 6.07 Å². The van der Waals surface area contributed by atoms with Gasteiger partial charge in [-0.3, -0.25) is 0 Å². The molecule has 1 aliphatic rings. The molecule has 0 aromatic heterocycles. The lowest BCUT2D eigenvalue weighted by molar-refractivity contribution is -0.137. The maximum absolute atomic E-state index is 11.6. The van der Waals surface area contributed by atoms with Gasteiger partial charge in [0.25, 0.3) is 0 Å². The zero-order valence-electron chi connectivity index (χ0n) is 11.8. The Labute approximate surface area is 122 Å². The molecule has 0 saturated heterocycles. The van der Waals surface area contributed by atoms with Gasteiger partial charge in [0.05, 0.1) is 13.7 Å². The van der Waals surface area contributed by atoms with Gasteiger partial charge < -0.3 is 18.9 Å². The summed E-state index contributed by atoms with van der Waals surface area (Å²) in [5.74, 6) is 0.872. The Kier molecular flexibility index (Phi) is 4.67. The largest absolute Gasteiger partial charge is 0.493 e. The molecular formula is C15H15NO5. The molecule has 2 rings (SSSR count). The van der Waals surface area contributed by atoms with Gasteiger partial charge in [0.2, 0.25) is 5.75 Å². The summed E-state index contributed by atoms with van der Waals surface area (Å²) in [5, 5.41) is 9.04. The van der Waals surface area contributed by atoms with E-state index in [0.717, 1.165) is 0 Å². The average molecular weight is 289 g/mol. The van der Waals surface area contributed by atoms with Crippen molar-refractivity contribution in [3.05, 3.63) is 23.3 Å². The smallest absolute Gasteiger partial charge is 0.348 e. The molecule has 1 aromatic carbocycles. The summed E-state index contributed by atoms with van der Waals surface area (Å²) in [6, 6.07) is 5.19. The summed E-state index contributed by atoms with van der Waals surface area (Å²) in [4.78, 5) is 11.6. The van der Waals surface area contributed by atoms with Crippen LogP contribution < -0.4 is 14.2 Å². The zero-order valence-corrected chi connectivity index (χ0v) is 11.8. The number of hydrogen-bond donors (Lipinski definition) is 0. The van der Waals surface area contributed by atoms with Crippen molar-refractivity contribution in [1.82, 2.24) is 0 Å². The summed E-state index contributed by atoms with van der Waals surface area (Å²) in [6.45, 7) is 2.78. The van der Waals surface area contributed by atoms with Crippen LogP contribution in [0.1, 0.15) is 12.5 Å². The van der Waals surface area contributed by atoms with Gasteiger partial charge in [-0.2, -0.15) is 5.26 Å². The Hall–Kier alpha value is -2.68. The van der Waals surface area contributed by atoms with Gasteiger partial charge in [-0.05, 0) is 30.7 Å². The standard InChI is InChI=1S/C15H15NO5/c1-3-19-15(17)11(9-16)6-10-7-12(18-2)14-13(8-10)20-4-5-21-14/h6-8H,3-5H2,1-2H3/b11-6+. The average Bonchev–Trinajstić information content (AvgIpc) is 2.51. The Bertz CT molecular complexity index is 598. The van der Waals surface area contributed by atoms with E-state index in [4.69, 9.17) is 24.2 Å². The van der Waals surface area contributed by atoms with Gasteiger partial charge in [-0.15, -0.1) is 0 Å². The molecule has 1 heterocycles. The lowest BCUT2D eigenvalue weighted by Gasteiger charge is -2.21. The summed E-state index contributed by atoms with van der Waals surface area (Å²) in [6.07, 6.45) is 1.43. The minimum atomic E-state index is -0.658. The maximum atomic E-state index is 11.6. The fraction of sp³-hybridized carbons (Fsp3) is 0.333. The first kappa shape index (κ1) is 14.7. The molecule has 0 unspecified atom stereocenters. The van der Waals surface area contributed by atoms with Gasteiger partial charge in [0.15, 0.2) is 11.5 Å². The third-order valence-electron chi connectivity index (χ3n) is 2.78. The second-order valence-electron chi connectivity index (χ2n) is 4.14. The molecule has 0 N–H and O–H groups in total. The topological polar surface area (TPSA) is 77.8 Å². The quantitative estimate of drug-likeness (QED) is 0.479. The normalized spacial score (nSPS) is 13.3. The molecule has 1 aliphatic heterocycles. The summed E-state index contributed by atoms with van der Waals surface area (Å²) in [7, 11) is 1.51. The molecule has 0 saturated carbocycles. The molecule has 21 heavy (non-hydrogen) atoms. The minimum absolute atomic E-state index is 0.0874. The number of fused-ring (bicyclic) bond motifs is 1. The highest BCUT2D eigenvalue weighted by atomic mass is 16.6. The van der Waals surface area contributed by atoms with Crippen LogP contribution in [0.5, 0.6) is 17.2 Å². The van der Waals surface area contributed by atoms with E-state index in [9.17, 15) is 4.79 Å². The minimum Gasteiger partial charge on any atom is -0.493 e. The van der Waals surface area contributed by atoms with E-state index < -0.39 is 5.97 Å². The summed E-state index contributed by atoms with van der Waals surface area (Å²) < 4.78 is 21.0. The van der Waals surface area contributed by atoms with Crippen LogP contribution in [-0.2, 0) is 9.53 Å². The predicted octanol–water partition coefficient (Wildman–Crippen LogP) is 1.94. The van der Waals surface area contributed by atoms with Crippen LogP contribution in [-0.4, -0.2) is 32.9 Å². The highest BCUT2D eigenvalue weighted by Gasteiger charge is 2.19. The molecule has 1 aromatic rings. The van der Waals surface area contributed by atoms with Gasteiger partial charge >= 0.3 is 5.97 Å². The zero-order chi connectivity index (χ0) is 15.2. The molecule has 6 heteroatoms. The van der Waals surface area contributed by atoms with Crippen molar-refractivity contribution >= 4 is 12.0 Å². The fourth-order valence-corrected chi connectivity index (χ4v) is 1.89. The van der Waals surface area contributed by atoms with Crippen LogP contribution in [0.15, 0.2) is 17.7 Å². The Morgan fingerprint density at radius 1 is 1.43 bits per heavy atom. The van der Waals surface area contributed by atoms with Crippen LogP contribution in [0.25, 0.3) is 6.08 Å². The summed E-state index contributed by atoms with van der Waals surface area (Å²) in [5.41, 5.74) is 0.510. The Morgan fingerprint density at radius 3 is 2.86 bits per heavy atom. The fourth-order valence-electron chi connectivity index (χ4n) is 1.89. The van der Waals surface area contributed by atoms with Crippen molar-refractivity contribution in [2.45, 2.75) is 6.92 Å². The molecule has 0 radical (unpaired) electrons. The first-order valence-electron chi connectivity index (χ1n) is 6.46. The highest BCUT2D eigenvalue weighted by molar-refractivity contribution is 5.98. The van der Waals surface area contributed by atoms with Crippen molar-refractivity contribution in [3.8, 4) is 23.3 Å². The van der Waals surface area contributed by atoms with Crippen LogP contribution in [0.4, 0.5) is 0 Å². The van der Waals surface area contributed by atoms with Crippen LogP contribution in [0, 0.1) is 11.3 Å². The third-order valence-corrected chi connectivity index (χ3v) is 2.78. The van der Waals surface area contributed by atoms with Gasteiger partial charge in [-0.25, -0.2) is 4.79 Å². The van der Waals surface area contributed by atoms with Gasteiger partial charge in [0, 0.05) is 0 Å². The number of benzene rings is 1. The molecule has 0 fully saturated rings. The van der Waals surface area contributed by atoms with E-state index in [-0.39, 0.29) is 12.2 Å². The molecule has 0 amide bonds. The molecule has 0 atom stereocenters. The number of carbonyl (C=O) groups is 1. The Balaban J connectivity index is 2.40. The molecule has 0 bridgehead atoms. The number of ether oxygens (including phenoxy) is 4. The monoisotopic (exact) mass is 289 g/mol. The second-order valence-corrected chi connectivity index (χ2v) is 4.14. The van der Waals surface area contributed by atoms with E-state index in [2.05, 4.69) is 0 Å². The SMILES string of the molecule is CCOC(=O)/C(C#N)=C/c1cc(OC)c2c(c1)OCCO2. The van der Waals surface area contributed by atoms with Crippen molar-refractivity contribution in [3.63, 3.8) is 0 Å². The second kappa shape index (κ2) is 6.66. The third kappa shape index (κ3) is 3.26. The van der Waals surface area contributed by atoms with Crippen molar-refractivity contribution in [2.24, 2.45) is 0 Å². The number of rotatable bonds is 4. The van der Waals surface area contributed by atoms with Crippen molar-refractivity contribution in [2.75, 3.05) is 26.9 Å². The molecule has 6 nitrogen and oxygen atoms in total. The van der Waals surface area contributed by atoms with Crippen LogP contribution in [0.3, 0.4) is 0 Å². The number of carbonyl (C=O) groups excluding carboxylic acids is 1. The van der Waals surface area contributed by atoms with E-state index in [1.54, 1.807) is 19.1 Å². The molecule has 0 aliphatic carbocycles. The first-order valence-corrected chi connectivity index (χ1v) is 6.46. The van der Waals surface area contributed by atoms with Gasteiger partial charge in [0.1, 0.15) is 24.9 Å². The maximum Gasteiger partial charge on any atom is 0.348 e. The Morgan fingerprint density at radius 2 is 2.19 bits per heavy atom. The van der Waals surface area contributed by atoms with Crippen LogP contribution in [0.2, 0.25) is 0 Å². The number of nitriles is 1. The van der Waals surface area contributed by atoms with Gasteiger partial charge in [-0.1, -0.05) is 0 Å². The lowest BCUT2D eigenvalue weighted by Crippen LogP contribution is -2.16. The number of hydrogen-bond acceptors (Lipinski definition) is 6. The molecule has 110 valence electrons. The van der Waals surface area contributed by atoms with E-state index in [0.29, 0.717) is 36.0 Å². The van der Waals surface area contributed by atoms with Crippen molar-refractivity contribution < 1.29 is 23.7 Å². The number of esters is 1. The predicted molar refractivity (Wildman–Crippen MR) is 74.2 cm³/mol.